The van der Waals surface area contributed by atoms with Gasteiger partial charge in [0.2, 0.25) is 0 Å². The Kier molecular flexibility index (Phi) is 3.96. The van der Waals surface area contributed by atoms with Gasteiger partial charge in [-0.05, 0) is 12.1 Å². The molecule has 2 aromatic carbocycles. The average Bonchev–Trinajstić information content (AvgIpc) is 2.79. The van der Waals surface area contributed by atoms with Crippen LogP contribution in [0.2, 0.25) is 0 Å². The maximum absolute atomic E-state index is 12.5. The minimum absolute atomic E-state index is 0. The predicted octanol–water partition coefficient (Wildman–Crippen LogP) is 2.75. The van der Waals surface area contributed by atoms with E-state index in [2.05, 4.69) is 4.98 Å². The summed E-state index contributed by atoms with van der Waals surface area (Å²) in [5.74, 6) is -1.11. The molecule has 4 rings (SSSR count). The van der Waals surface area contributed by atoms with Crippen LogP contribution < -0.4 is 0 Å². The number of hydrogen-bond donors (Lipinski definition) is 0. The zero-order valence-electron chi connectivity index (χ0n) is 11.1. The van der Waals surface area contributed by atoms with Gasteiger partial charge in [-0.3, -0.25) is 14.6 Å². The Labute approximate surface area is 149 Å². The average molecular weight is 297 g/mol. The standard InChI is InChI=1S/C18H11NO2.Na.H/c20-17-12-6-2-3-7-13(12)18(21)16(17)15-10-9-11-5-1-4-8-14(11)19-15;;/h1-10,16H;;. The normalized spacial score (nSPS) is 14.0. The Hall–Kier alpha value is -1.81. The molecular weight excluding hydrogens is 285 g/mol. The van der Waals surface area contributed by atoms with Crippen LogP contribution in [0.15, 0.2) is 60.7 Å². The number of aromatic nitrogens is 1. The van der Waals surface area contributed by atoms with Gasteiger partial charge in [0.05, 0.1) is 11.2 Å². The molecule has 3 nitrogen and oxygen atoms in total. The molecule has 0 fully saturated rings. The fourth-order valence-electron chi connectivity index (χ4n) is 2.85. The molecule has 22 heavy (non-hydrogen) atoms. The van der Waals surface area contributed by atoms with E-state index in [1.807, 2.05) is 30.3 Å². The van der Waals surface area contributed by atoms with Gasteiger partial charge in [0.15, 0.2) is 11.6 Å². The molecule has 0 amide bonds. The summed E-state index contributed by atoms with van der Waals surface area (Å²) in [6, 6.07) is 18.3. The van der Waals surface area contributed by atoms with Crippen LogP contribution in [0.3, 0.4) is 0 Å². The molecule has 0 N–H and O–H groups in total. The molecule has 0 spiro atoms. The van der Waals surface area contributed by atoms with Crippen LogP contribution >= 0.6 is 0 Å². The predicted molar refractivity (Wildman–Crippen MR) is 86.7 cm³/mol. The molecule has 0 saturated heterocycles. The Morgan fingerprint density at radius 1 is 0.727 bits per heavy atom. The zero-order valence-corrected chi connectivity index (χ0v) is 11.1. The molecule has 1 heterocycles. The van der Waals surface area contributed by atoms with E-state index in [1.54, 1.807) is 30.3 Å². The number of fused-ring (bicyclic) bond motifs is 2. The first kappa shape index (κ1) is 15.1. The number of nitrogens with zero attached hydrogens (tertiary/aromatic N) is 1. The van der Waals surface area contributed by atoms with Crippen molar-refractivity contribution in [1.82, 2.24) is 4.98 Å². The van der Waals surface area contributed by atoms with Crippen molar-refractivity contribution in [3.8, 4) is 0 Å². The molecule has 0 atom stereocenters. The molecule has 0 bridgehead atoms. The Balaban J connectivity index is 0.00000144. The van der Waals surface area contributed by atoms with E-state index in [0.717, 1.165) is 10.9 Å². The van der Waals surface area contributed by atoms with E-state index in [1.165, 1.54) is 0 Å². The minimum atomic E-state index is -0.799. The van der Waals surface area contributed by atoms with Crippen LogP contribution in [-0.4, -0.2) is 46.1 Å². The summed E-state index contributed by atoms with van der Waals surface area (Å²) in [5, 5.41) is 0.997. The van der Waals surface area contributed by atoms with Gasteiger partial charge >= 0.3 is 29.6 Å². The van der Waals surface area contributed by atoms with Crippen molar-refractivity contribution in [1.29, 1.82) is 0 Å². The van der Waals surface area contributed by atoms with Crippen LogP contribution in [0.5, 0.6) is 0 Å². The van der Waals surface area contributed by atoms with Crippen molar-refractivity contribution < 1.29 is 9.59 Å². The van der Waals surface area contributed by atoms with E-state index >= 15 is 0 Å². The Bertz CT molecular complexity index is 869. The number of carbonyl (C=O) groups is 2. The van der Waals surface area contributed by atoms with E-state index in [9.17, 15) is 9.59 Å². The second kappa shape index (κ2) is 5.76. The van der Waals surface area contributed by atoms with Gasteiger partial charge in [-0.15, -0.1) is 0 Å². The number of hydrogen-bond acceptors (Lipinski definition) is 3. The van der Waals surface area contributed by atoms with Gasteiger partial charge in [-0.25, -0.2) is 0 Å². The number of benzene rings is 2. The fraction of sp³-hybridized carbons (Fsp3) is 0.0556. The van der Waals surface area contributed by atoms with E-state index < -0.39 is 5.92 Å². The van der Waals surface area contributed by atoms with E-state index in [4.69, 9.17) is 0 Å². The van der Waals surface area contributed by atoms with Crippen molar-refractivity contribution in [2.75, 3.05) is 0 Å². The first-order valence-corrected chi connectivity index (χ1v) is 6.79. The van der Waals surface area contributed by atoms with Gasteiger partial charge in [0, 0.05) is 16.5 Å². The molecule has 4 heteroatoms. The van der Waals surface area contributed by atoms with Crippen molar-refractivity contribution in [3.05, 3.63) is 77.5 Å². The van der Waals surface area contributed by atoms with Crippen LogP contribution in [0, 0.1) is 0 Å². The van der Waals surface area contributed by atoms with Crippen molar-refractivity contribution in [2.24, 2.45) is 0 Å². The first-order chi connectivity index (χ1) is 10.3. The summed E-state index contributed by atoms with van der Waals surface area (Å²) >= 11 is 0. The number of ketones is 2. The molecule has 0 radical (unpaired) electrons. The Morgan fingerprint density at radius 3 is 2.00 bits per heavy atom. The molecule has 102 valence electrons. The SMILES string of the molecule is O=C1c2ccccc2C(=O)C1c1ccc2ccccc2n1.[NaH]. The second-order valence-corrected chi connectivity index (χ2v) is 5.14. The second-order valence-electron chi connectivity index (χ2n) is 5.14. The van der Waals surface area contributed by atoms with Gasteiger partial charge in [0.25, 0.3) is 0 Å². The summed E-state index contributed by atoms with van der Waals surface area (Å²) in [7, 11) is 0. The maximum atomic E-state index is 12.5. The summed E-state index contributed by atoms with van der Waals surface area (Å²) in [6.45, 7) is 0. The summed E-state index contributed by atoms with van der Waals surface area (Å²) in [6.07, 6.45) is 0. The number of para-hydroxylation sites is 1. The third kappa shape index (κ3) is 2.22. The number of Topliss-reactive ketones (excluding diaryl/α,β-unsaturated/α-hetero) is 2. The van der Waals surface area contributed by atoms with Crippen LogP contribution in [0.1, 0.15) is 32.3 Å². The Morgan fingerprint density at radius 2 is 1.32 bits per heavy atom. The molecule has 0 unspecified atom stereocenters. The number of rotatable bonds is 1. The molecule has 0 saturated carbocycles. The zero-order chi connectivity index (χ0) is 14.4. The van der Waals surface area contributed by atoms with E-state index in [-0.39, 0.29) is 41.1 Å². The fourth-order valence-corrected chi connectivity index (χ4v) is 2.85. The molecule has 1 aliphatic carbocycles. The monoisotopic (exact) mass is 297 g/mol. The molecule has 1 aromatic heterocycles. The van der Waals surface area contributed by atoms with Crippen molar-refractivity contribution >= 4 is 52.0 Å². The van der Waals surface area contributed by atoms with Gasteiger partial charge in [-0.1, -0.05) is 48.5 Å². The topological polar surface area (TPSA) is 47.0 Å². The van der Waals surface area contributed by atoms with Crippen LogP contribution in [0.25, 0.3) is 10.9 Å². The van der Waals surface area contributed by atoms with Crippen LogP contribution in [-0.2, 0) is 0 Å². The third-order valence-corrected chi connectivity index (χ3v) is 3.90. The molecule has 0 aliphatic heterocycles. The summed E-state index contributed by atoms with van der Waals surface area (Å²) in [5.41, 5.74) is 2.33. The first-order valence-electron chi connectivity index (χ1n) is 6.79. The van der Waals surface area contributed by atoms with Crippen molar-refractivity contribution in [3.63, 3.8) is 0 Å². The summed E-state index contributed by atoms with van der Waals surface area (Å²) in [4.78, 5) is 29.5. The van der Waals surface area contributed by atoms with E-state index in [0.29, 0.717) is 16.8 Å². The quantitative estimate of drug-likeness (QED) is 0.512. The van der Waals surface area contributed by atoms with Gasteiger partial charge in [0.1, 0.15) is 5.92 Å². The van der Waals surface area contributed by atoms with Crippen molar-refractivity contribution in [2.45, 2.75) is 5.92 Å². The van der Waals surface area contributed by atoms with Gasteiger partial charge in [-0.2, -0.15) is 0 Å². The van der Waals surface area contributed by atoms with Gasteiger partial charge < -0.3 is 0 Å². The van der Waals surface area contributed by atoms with Crippen LogP contribution in [0.4, 0.5) is 0 Å². The molecular formula is C18H12NNaO2. The number of pyridine rings is 1. The number of carbonyl (C=O) groups excluding carboxylic acids is 2. The molecule has 3 aromatic rings. The molecule has 1 aliphatic rings. The third-order valence-electron chi connectivity index (χ3n) is 3.90. The summed E-state index contributed by atoms with van der Waals surface area (Å²) < 4.78 is 0.